The summed E-state index contributed by atoms with van der Waals surface area (Å²) in [5.74, 6) is -1.03. The number of amides is 2. The third kappa shape index (κ3) is 4.10. The van der Waals surface area contributed by atoms with E-state index in [9.17, 15) is 18.4 Å². The van der Waals surface area contributed by atoms with Crippen LogP contribution in [0.3, 0.4) is 0 Å². The summed E-state index contributed by atoms with van der Waals surface area (Å²) in [4.78, 5) is 36.9. The van der Waals surface area contributed by atoms with Gasteiger partial charge >= 0.3 is 18.3 Å². The van der Waals surface area contributed by atoms with Crippen molar-refractivity contribution in [3.63, 3.8) is 0 Å². The molecular weight excluding hydrogens is 432 g/mol. The molecule has 0 saturated carbocycles. The number of aromatic nitrogens is 5. The summed E-state index contributed by atoms with van der Waals surface area (Å²) in [6.07, 6.45) is 0.427. The summed E-state index contributed by atoms with van der Waals surface area (Å²) in [7, 11) is 1.10. The van der Waals surface area contributed by atoms with Gasteiger partial charge in [0.15, 0.2) is 17.3 Å². The van der Waals surface area contributed by atoms with E-state index in [-0.39, 0.29) is 28.7 Å². The van der Waals surface area contributed by atoms with Crippen molar-refractivity contribution >= 4 is 17.7 Å². The van der Waals surface area contributed by atoms with E-state index in [0.717, 1.165) is 19.2 Å². The van der Waals surface area contributed by atoms with Crippen molar-refractivity contribution in [1.29, 1.82) is 0 Å². The zero-order valence-electron chi connectivity index (χ0n) is 16.6. The number of carbonyl (C=O) groups excluding carboxylic acids is 2. The van der Waals surface area contributed by atoms with Crippen molar-refractivity contribution in [2.45, 2.75) is 19.3 Å². The number of methoxy groups -OCH3 is 1. The number of alkyl halides is 2. The lowest BCUT2D eigenvalue weighted by Gasteiger charge is -2.16. The van der Waals surface area contributed by atoms with Crippen LogP contribution in [-0.4, -0.2) is 50.1 Å². The second kappa shape index (κ2) is 8.05. The number of rotatable bonds is 5. The maximum atomic E-state index is 13.4. The molecule has 32 heavy (non-hydrogen) atoms. The number of nitrogens with one attached hydrogen (secondary N) is 2. The van der Waals surface area contributed by atoms with Gasteiger partial charge in [0, 0.05) is 24.5 Å². The Kier molecular flexibility index (Phi) is 5.26. The van der Waals surface area contributed by atoms with E-state index >= 15 is 0 Å². The lowest BCUT2D eigenvalue weighted by molar-refractivity contribution is -0.286. The smallest absolute Gasteiger partial charge is 0.465 e. The molecule has 1 atom stereocenters. The zero-order chi connectivity index (χ0) is 22.9. The van der Waals surface area contributed by atoms with Crippen molar-refractivity contribution in [1.82, 2.24) is 30.0 Å². The molecule has 4 rings (SSSR count). The molecule has 0 aliphatic carbocycles. The number of urea groups is 1. The van der Waals surface area contributed by atoms with Crippen LogP contribution in [0, 0.1) is 0 Å². The summed E-state index contributed by atoms with van der Waals surface area (Å²) in [5.41, 5.74) is -0.342. The van der Waals surface area contributed by atoms with Gasteiger partial charge < -0.3 is 24.8 Å². The van der Waals surface area contributed by atoms with Crippen LogP contribution in [0.1, 0.15) is 29.1 Å². The number of hydrogen-bond donors (Lipinski definition) is 2. The Bertz CT molecular complexity index is 1170. The Morgan fingerprint density at radius 1 is 1.16 bits per heavy atom. The van der Waals surface area contributed by atoms with Crippen molar-refractivity contribution < 1.29 is 32.6 Å². The quantitative estimate of drug-likeness (QED) is 0.562. The van der Waals surface area contributed by atoms with Crippen molar-refractivity contribution in [2.24, 2.45) is 0 Å². The van der Waals surface area contributed by atoms with Gasteiger partial charge in [-0.1, -0.05) is 0 Å². The van der Waals surface area contributed by atoms with E-state index in [1.807, 2.05) is 0 Å². The minimum Gasteiger partial charge on any atom is -0.465 e. The molecule has 3 heterocycles. The second-order valence-electron chi connectivity index (χ2n) is 6.40. The molecule has 2 N–H and O–H groups in total. The number of benzene rings is 1. The Morgan fingerprint density at radius 3 is 2.53 bits per heavy atom. The molecule has 0 radical (unpaired) electrons. The highest BCUT2D eigenvalue weighted by Gasteiger charge is 2.44. The summed E-state index contributed by atoms with van der Waals surface area (Å²) < 4.78 is 41.4. The minimum atomic E-state index is -3.89. The van der Waals surface area contributed by atoms with Gasteiger partial charge in [-0.3, -0.25) is 0 Å². The molecule has 3 aromatic rings. The topological polar surface area (TPSA) is 142 Å². The predicted molar refractivity (Wildman–Crippen MR) is 102 cm³/mol. The molecular formula is C18H15F2N7O5. The Balaban J connectivity index is 1.54. The average Bonchev–Trinajstić information content (AvgIpc) is 3.36. The van der Waals surface area contributed by atoms with Crippen molar-refractivity contribution in [3.8, 4) is 17.4 Å². The first-order valence-electron chi connectivity index (χ1n) is 9.04. The minimum absolute atomic E-state index is 0.130. The molecule has 12 nitrogen and oxygen atoms in total. The van der Waals surface area contributed by atoms with Crippen LogP contribution in [-0.2, 0) is 4.74 Å². The molecule has 1 aliphatic heterocycles. The van der Waals surface area contributed by atoms with Crippen LogP contribution in [0.4, 0.5) is 19.3 Å². The maximum absolute atomic E-state index is 13.4. The number of halogens is 2. The number of nitrogens with zero attached hydrogens (tertiary/aromatic N) is 5. The predicted octanol–water partition coefficient (Wildman–Crippen LogP) is 2.05. The van der Waals surface area contributed by atoms with Crippen molar-refractivity contribution in [3.05, 3.63) is 48.3 Å². The van der Waals surface area contributed by atoms with E-state index in [2.05, 4.69) is 44.9 Å². The highest BCUT2D eigenvalue weighted by Crippen LogP contribution is 2.44. The third-order valence-corrected chi connectivity index (χ3v) is 4.25. The summed E-state index contributed by atoms with van der Waals surface area (Å²) in [6.45, 7) is 1.63. The van der Waals surface area contributed by atoms with Crippen LogP contribution < -0.4 is 20.1 Å². The number of carbonyl (C=O) groups is 2. The number of esters is 1. The lowest BCUT2D eigenvalue weighted by atomic mass is 10.1. The van der Waals surface area contributed by atoms with Gasteiger partial charge in [-0.15, -0.1) is 8.78 Å². The number of fused-ring (bicyclic) bond motifs is 1. The molecule has 2 aromatic heterocycles. The Hall–Kier alpha value is -4.36. The van der Waals surface area contributed by atoms with E-state index < -0.39 is 24.3 Å². The number of hydrogen-bond acceptors (Lipinski definition) is 9. The first kappa shape index (κ1) is 20.9. The number of anilines is 1. The average molecular weight is 447 g/mol. The van der Waals surface area contributed by atoms with Crippen LogP contribution in [0.25, 0.3) is 5.95 Å². The van der Waals surface area contributed by atoms with Crippen LogP contribution in [0.15, 0.2) is 36.9 Å². The Morgan fingerprint density at radius 2 is 1.84 bits per heavy atom. The summed E-state index contributed by atoms with van der Waals surface area (Å²) in [5, 5.41) is 9.07. The normalized spacial score (nSPS) is 14.5. The number of ether oxygens (including phenoxy) is 3. The van der Waals surface area contributed by atoms with E-state index in [1.54, 1.807) is 13.0 Å². The van der Waals surface area contributed by atoms with Crippen LogP contribution >= 0.6 is 0 Å². The van der Waals surface area contributed by atoms with Crippen LogP contribution in [0.5, 0.6) is 11.5 Å². The van der Waals surface area contributed by atoms with Crippen LogP contribution in [0.2, 0.25) is 0 Å². The van der Waals surface area contributed by atoms with Gasteiger partial charge in [-0.2, -0.15) is 9.78 Å². The van der Waals surface area contributed by atoms with Gasteiger partial charge in [0.25, 0.3) is 5.95 Å². The second-order valence-corrected chi connectivity index (χ2v) is 6.40. The molecule has 0 spiro atoms. The summed E-state index contributed by atoms with van der Waals surface area (Å²) >= 11 is 0. The highest BCUT2D eigenvalue weighted by molar-refractivity contribution is 6.01. The molecule has 1 aliphatic rings. The van der Waals surface area contributed by atoms with Gasteiger partial charge in [-0.05, 0) is 13.0 Å². The molecule has 2 amide bonds. The monoisotopic (exact) mass is 447 g/mol. The molecule has 1 aromatic carbocycles. The first-order chi connectivity index (χ1) is 15.3. The van der Waals surface area contributed by atoms with E-state index in [4.69, 9.17) is 0 Å². The third-order valence-electron chi connectivity index (χ3n) is 4.25. The largest absolute Gasteiger partial charge is 0.586 e. The molecule has 1 unspecified atom stereocenters. The van der Waals surface area contributed by atoms with Gasteiger partial charge in [0.2, 0.25) is 0 Å². The molecule has 0 bridgehead atoms. The summed E-state index contributed by atoms with van der Waals surface area (Å²) in [6, 6.07) is 2.21. The molecule has 0 saturated heterocycles. The van der Waals surface area contributed by atoms with E-state index in [1.165, 1.54) is 23.4 Å². The standard InChI is InChI=1S/C18H15F2N7O5/c1-9(14-23-8-24-27(14)16-21-4-3-5-22-16)25-17(29)26-11-7-13-12(31-18(19,20)32-13)6-10(11)15(28)30-2/h3-9H,1-2H3,(H2,25,26,29). The zero-order valence-corrected chi connectivity index (χ0v) is 16.6. The Labute approximate surface area is 178 Å². The van der Waals surface area contributed by atoms with Gasteiger partial charge in [0.1, 0.15) is 6.33 Å². The van der Waals surface area contributed by atoms with Crippen molar-refractivity contribution in [2.75, 3.05) is 12.4 Å². The fraction of sp³-hybridized carbons (Fsp3) is 0.222. The van der Waals surface area contributed by atoms with E-state index in [0.29, 0.717) is 5.82 Å². The fourth-order valence-electron chi connectivity index (χ4n) is 2.90. The maximum Gasteiger partial charge on any atom is 0.586 e. The first-order valence-corrected chi connectivity index (χ1v) is 9.04. The molecule has 166 valence electrons. The highest BCUT2D eigenvalue weighted by atomic mass is 19.3. The lowest BCUT2D eigenvalue weighted by Crippen LogP contribution is -2.33. The molecule has 0 fully saturated rings. The van der Waals surface area contributed by atoms with Gasteiger partial charge in [-0.25, -0.2) is 24.5 Å². The SMILES string of the molecule is COC(=O)c1cc2c(cc1NC(=O)NC(C)c1ncnn1-c1ncccn1)OC(F)(F)O2. The van der Waals surface area contributed by atoms with Gasteiger partial charge in [0.05, 0.1) is 24.4 Å². The molecule has 14 heteroatoms. The fourth-order valence-corrected chi connectivity index (χ4v) is 2.90.